The van der Waals surface area contributed by atoms with Gasteiger partial charge in [0.2, 0.25) is 5.91 Å². The van der Waals surface area contributed by atoms with Crippen molar-refractivity contribution in [2.75, 3.05) is 20.2 Å². The van der Waals surface area contributed by atoms with Crippen molar-refractivity contribution in [2.45, 2.75) is 31.7 Å². The number of hydrogen-bond donors (Lipinski definition) is 1. The Hall–Kier alpha value is -2.24. The molecule has 1 aliphatic rings. The predicted molar refractivity (Wildman–Crippen MR) is 115 cm³/mol. The van der Waals surface area contributed by atoms with Crippen LogP contribution in [0.3, 0.4) is 0 Å². The van der Waals surface area contributed by atoms with Gasteiger partial charge in [-0.3, -0.25) is 9.59 Å². The van der Waals surface area contributed by atoms with E-state index in [0.717, 1.165) is 18.4 Å². The number of nitrogens with one attached hydrogen (secondary N) is 1. The lowest BCUT2D eigenvalue weighted by Gasteiger charge is -2.32. The van der Waals surface area contributed by atoms with Crippen molar-refractivity contribution in [1.29, 1.82) is 0 Å². The van der Waals surface area contributed by atoms with Crippen LogP contribution in [0.25, 0.3) is 0 Å². The molecule has 3 rings (SSSR count). The number of carbonyl (C=O) groups is 2. The van der Waals surface area contributed by atoms with Gasteiger partial charge in [-0.2, -0.15) is 0 Å². The van der Waals surface area contributed by atoms with E-state index in [1.54, 1.807) is 18.2 Å². The molecule has 0 atom stereocenters. The lowest BCUT2D eigenvalue weighted by Crippen LogP contribution is -2.46. The molecule has 1 N–H and O–H groups in total. The van der Waals surface area contributed by atoms with Gasteiger partial charge in [0.05, 0.1) is 12.7 Å². The molecule has 0 radical (unpaired) electrons. The lowest BCUT2D eigenvalue weighted by atomic mass is 10.0. The Bertz CT molecular complexity index is 863. The molecule has 2 amide bonds. The smallest absolute Gasteiger partial charge is 0.255 e. The molecular weight excluding hydrogens is 411 g/mol. The third-order valence-corrected chi connectivity index (χ3v) is 5.62. The summed E-state index contributed by atoms with van der Waals surface area (Å²) in [5.74, 6) is 0.416. The first-order chi connectivity index (χ1) is 14.0. The maximum Gasteiger partial charge on any atom is 0.255 e. The quantitative estimate of drug-likeness (QED) is 0.734. The van der Waals surface area contributed by atoms with E-state index in [9.17, 15) is 9.59 Å². The fourth-order valence-electron chi connectivity index (χ4n) is 3.45. The van der Waals surface area contributed by atoms with Crippen molar-refractivity contribution in [3.63, 3.8) is 0 Å². The van der Waals surface area contributed by atoms with E-state index in [-0.39, 0.29) is 17.9 Å². The van der Waals surface area contributed by atoms with Crippen molar-refractivity contribution < 1.29 is 14.3 Å². The molecule has 1 saturated heterocycles. The molecule has 0 aliphatic carbocycles. The van der Waals surface area contributed by atoms with Gasteiger partial charge in [0.15, 0.2) is 0 Å². The van der Waals surface area contributed by atoms with Crippen LogP contribution in [0.2, 0.25) is 10.0 Å². The number of carbonyl (C=O) groups excluding carboxylic acids is 2. The number of ether oxygens (including phenoxy) is 1. The van der Waals surface area contributed by atoms with E-state index in [0.29, 0.717) is 47.3 Å². The first-order valence-corrected chi connectivity index (χ1v) is 10.4. The Labute approximate surface area is 180 Å². The molecule has 154 valence electrons. The van der Waals surface area contributed by atoms with Crippen LogP contribution in [-0.4, -0.2) is 43.0 Å². The standard InChI is InChI=1S/C22H24Cl2N2O3/c1-29-20-8-7-17(24)14-19(20)22(28)25-18-10-12-26(13-11-18)21(27)9-4-15-2-5-16(23)6-3-15/h2-3,5-8,14,18H,4,9-13H2,1H3,(H,25,28). The van der Waals surface area contributed by atoms with Crippen LogP contribution in [0, 0.1) is 0 Å². The predicted octanol–water partition coefficient (Wildman–Crippen LogP) is 4.36. The van der Waals surface area contributed by atoms with Crippen LogP contribution in [0.5, 0.6) is 5.75 Å². The average molecular weight is 435 g/mol. The summed E-state index contributed by atoms with van der Waals surface area (Å²) in [4.78, 5) is 27.0. The minimum Gasteiger partial charge on any atom is -0.496 e. The molecule has 1 aliphatic heterocycles. The second-order valence-corrected chi connectivity index (χ2v) is 7.97. The molecule has 0 bridgehead atoms. The zero-order chi connectivity index (χ0) is 20.8. The first-order valence-electron chi connectivity index (χ1n) is 9.63. The molecule has 1 fully saturated rings. The molecule has 7 heteroatoms. The Morgan fingerprint density at radius 3 is 2.38 bits per heavy atom. The third-order valence-electron chi connectivity index (χ3n) is 5.13. The SMILES string of the molecule is COc1ccc(Cl)cc1C(=O)NC1CCN(C(=O)CCc2ccc(Cl)cc2)CC1. The Balaban J connectivity index is 1.47. The summed E-state index contributed by atoms with van der Waals surface area (Å²) in [5, 5.41) is 4.21. The molecule has 5 nitrogen and oxygen atoms in total. The van der Waals surface area contributed by atoms with Gasteiger partial charge in [-0.15, -0.1) is 0 Å². The summed E-state index contributed by atoms with van der Waals surface area (Å²) < 4.78 is 5.25. The molecular formula is C22H24Cl2N2O3. The average Bonchev–Trinajstić information content (AvgIpc) is 2.73. The molecule has 0 saturated carbocycles. The van der Waals surface area contributed by atoms with Crippen molar-refractivity contribution in [3.05, 3.63) is 63.6 Å². The van der Waals surface area contributed by atoms with Crippen LogP contribution in [0.15, 0.2) is 42.5 Å². The van der Waals surface area contributed by atoms with Crippen LogP contribution in [0.1, 0.15) is 35.2 Å². The summed E-state index contributed by atoms with van der Waals surface area (Å²) in [5.41, 5.74) is 1.52. The van der Waals surface area contributed by atoms with Crippen LogP contribution in [-0.2, 0) is 11.2 Å². The Morgan fingerprint density at radius 1 is 1.07 bits per heavy atom. The number of benzene rings is 2. The van der Waals surface area contributed by atoms with Gasteiger partial charge < -0.3 is 15.0 Å². The fraction of sp³-hybridized carbons (Fsp3) is 0.364. The first kappa shape index (κ1) is 21.5. The minimum absolute atomic E-state index is 0.0199. The van der Waals surface area contributed by atoms with Crippen molar-refractivity contribution >= 4 is 35.0 Å². The number of piperidine rings is 1. The van der Waals surface area contributed by atoms with E-state index >= 15 is 0 Å². The minimum atomic E-state index is -0.211. The summed E-state index contributed by atoms with van der Waals surface area (Å²) in [7, 11) is 1.52. The molecule has 0 unspecified atom stereocenters. The van der Waals surface area contributed by atoms with Gasteiger partial charge in [0.1, 0.15) is 5.75 Å². The number of aryl methyl sites for hydroxylation is 1. The van der Waals surface area contributed by atoms with Gasteiger partial charge in [-0.05, 0) is 55.2 Å². The second-order valence-electron chi connectivity index (χ2n) is 7.10. The normalized spacial score (nSPS) is 14.5. The van der Waals surface area contributed by atoms with E-state index in [1.807, 2.05) is 29.2 Å². The number of likely N-dealkylation sites (tertiary alicyclic amines) is 1. The van der Waals surface area contributed by atoms with E-state index < -0.39 is 0 Å². The Kier molecular flexibility index (Phi) is 7.40. The Morgan fingerprint density at radius 2 is 1.72 bits per heavy atom. The number of rotatable bonds is 6. The topological polar surface area (TPSA) is 58.6 Å². The highest BCUT2D eigenvalue weighted by Gasteiger charge is 2.25. The highest BCUT2D eigenvalue weighted by Crippen LogP contribution is 2.23. The van der Waals surface area contributed by atoms with Gasteiger partial charge in [0.25, 0.3) is 5.91 Å². The zero-order valence-electron chi connectivity index (χ0n) is 16.3. The van der Waals surface area contributed by atoms with E-state index in [4.69, 9.17) is 27.9 Å². The zero-order valence-corrected chi connectivity index (χ0v) is 17.8. The second kappa shape index (κ2) is 9.99. The molecule has 1 heterocycles. The summed E-state index contributed by atoms with van der Waals surface area (Å²) in [6.45, 7) is 1.27. The van der Waals surface area contributed by atoms with Crippen LogP contribution >= 0.6 is 23.2 Å². The summed E-state index contributed by atoms with van der Waals surface area (Å²) in [6, 6.07) is 12.6. The third kappa shape index (κ3) is 5.87. The van der Waals surface area contributed by atoms with E-state index in [2.05, 4.69) is 5.32 Å². The van der Waals surface area contributed by atoms with Crippen LogP contribution in [0.4, 0.5) is 0 Å². The number of methoxy groups -OCH3 is 1. The molecule has 0 aromatic heterocycles. The fourth-order valence-corrected chi connectivity index (χ4v) is 3.75. The van der Waals surface area contributed by atoms with Gasteiger partial charge in [0, 0.05) is 35.6 Å². The number of nitrogens with zero attached hydrogens (tertiary/aromatic N) is 1. The lowest BCUT2D eigenvalue weighted by molar-refractivity contribution is -0.132. The molecule has 2 aromatic rings. The highest BCUT2D eigenvalue weighted by molar-refractivity contribution is 6.31. The van der Waals surface area contributed by atoms with Crippen molar-refractivity contribution in [3.8, 4) is 5.75 Å². The van der Waals surface area contributed by atoms with E-state index in [1.165, 1.54) is 7.11 Å². The number of amides is 2. The van der Waals surface area contributed by atoms with Crippen molar-refractivity contribution in [1.82, 2.24) is 10.2 Å². The highest BCUT2D eigenvalue weighted by atomic mass is 35.5. The van der Waals surface area contributed by atoms with Gasteiger partial charge in [-0.1, -0.05) is 35.3 Å². The van der Waals surface area contributed by atoms with Gasteiger partial charge in [-0.25, -0.2) is 0 Å². The number of halogens is 2. The molecule has 0 spiro atoms. The van der Waals surface area contributed by atoms with Crippen LogP contribution < -0.4 is 10.1 Å². The largest absolute Gasteiger partial charge is 0.496 e. The maximum atomic E-state index is 12.6. The molecule has 2 aromatic carbocycles. The summed E-state index contributed by atoms with van der Waals surface area (Å²) >= 11 is 11.9. The van der Waals surface area contributed by atoms with Gasteiger partial charge >= 0.3 is 0 Å². The molecule has 29 heavy (non-hydrogen) atoms. The number of hydrogen-bond acceptors (Lipinski definition) is 3. The van der Waals surface area contributed by atoms with Crippen molar-refractivity contribution in [2.24, 2.45) is 0 Å². The monoisotopic (exact) mass is 434 g/mol. The maximum absolute atomic E-state index is 12.6. The summed E-state index contributed by atoms with van der Waals surface area (Å²) in [6.07, 6.45) is 2.61.